The summed E-state index contributed by atoms with van der Waals surface area (Å²) >= 11 is 0. The Bertz CT molecular complexity index is 1370. The van der Waals surface area contributed by atoms with Crippen LogP contribution in [0.5, 0.6) is 0 Å². The molecule has 184 valence electrons. The number of ether oxygens (including phenoxy) is 1. The molecule has 4 aromatic rings. The lowest BCUT2D eigenvalue weighted by Crippen LogP contribution is -2.62. The second-order valence-corrected chi connectivity index (χ2v) is 9.44. The van der Waals surface area contributed by atoms with Crippen molar-refractivity contribution in [3.63, 3.8) is 0 Å². The van der Waals surface area contributed by atoms with Gasteiger partial charge in [-0.25, -0.2) is 23.0 Å². The van der Waals surface area contributed by atoms with Gasteiger partial charge in [0.2, 0.25) is 5.95 Å². The van der Waals surface area contributed by atoms with Gasteiger partial charge in [0, 0.05) is 30.9 Å². The maximum absolute atomic E-state index is 12.9. The Labute approximate surface area is 199 Å². The fourth-order valence-corrected chi connectivity index (χ4v) is 4.90. The Balaban J connectivity index is 1.23. The van der Waals surface area contributed by atoms with Gasteiger partial charge in [-0.2, -0.15) is 4.98 Å². The molecule has 6 rings (SSSR count). The number of rotatable bonds is 6. The number of hydrogen-bond acceptors (Lipinski definition) is 9. The van der Waals surface area contributed by atoms with Gasteiger partial charge in [0.1, 0.15) is 17.6 Å². The highest BCUT2D eigenvalue weighted by atomic mass is 19.3. The highest BCUT2D eigenvalue weighted by Crippen LogP contribution is 2.30. The standard InChI is InChI=1S/C22H26F2N10O/c1-22(11-35-12-22)32-7-4-13(5-8-32)26-21-28-19(25)18-14(6-9-33(18)30-21)15-2-3-16-20(27-15)34(31-29-16)10-17(23)24/h2-3,6,9,13,17H,4-5,7-8,10-12H2,1H3,(H3,25,26,28,30). The van der Waals surface area contributed by atoms with E-state index in [9.17, 15) is 8.78 Å². The summed E-state index contributed by atoms with van der Waals surface area (Å²) in [6, 6.07) is 5.55. The van der Waals surface area contributed by atoms with Crippen molar-refractivity contribution >= 4 is 28.4 Å². The van der Waals surface area contributed by atoms with Crippen LogP contribution in [0, 0.1) is 0 Å². The fraction of sp³-hybridized carbons (Fsp3) is 0.500. The normalized spacial score (nSPS) is 19.0. The molecule has 2 fully saturated rings. The molecule has 0 saturated carbocycles. The monoisotopic (exact) mass is 484 g/mol. The van der Waals surface area contributed by atoms with E-state index in [1.54, 1.807) is 22.8 Å². The first-order valence-corrected chi connectivity index (χ1v) is 11.6. The van der Waals surface area contributed by atoms with Crippen LogP contribution in [0.25, 0.3) is 27.9 Å². The first-order chi connectivity index (χ1) is 16.9. The predicted molar refractivity (Wildman–Crippen MR) is 125 cm³/mol. The van der Waals surface area contributed by atoms with E-state index in [1.165, 1.54) is 0 Å². The minimum absolute atomic E-state index is 0.163. The number of halogens is 2. The van der Waals surface area contributed by atoms with Crippen LogP contribution in [-0.2, 0) is 11.3 Å². The molecule has 0 amide bonds. The molecular formula is C22H26F2N10O. The van der Waals surface area contributed by atoms with Crippen LogP contribution in [0.2, 0.25) is 0 Å². The summed E-state index contributed by atoms with van der Waals surface area (Å²) in [5.41, 5.74) is 9.09. The molecule has 3 N–H and O–H groups in total. The van der Waals surface area contributed by atoms with Crippen molar-refractivity contribution in [2.75, 3.05) is 37.4 Å². The average Bonchev–Trinajstić information content (AvgIpc) is 3.42. The molecule has 2 saturated heterocycles. The summed E-state index contributed by atoms with van der Waals surface area (Å²) in [7, 11) is 0. The predicted octanol–water partition coefficient (Wildman–Crippen LogP) is 2.05. The molecule has 2 aliphatic heterocycles. The SMILES string of the molecule is CC1(N2CCC(Nc3nc(N)c4c(-c5ccc6nnn(CC(F)F)c6n5)ccn4n3)CC2)COC1. The summed E-state index contributed by atoms with van der Waals surface area (Å²) in [6.07, 6.45) is 1.20. The zero-order valence-corrected chi connectivity index (χ0v) is 19.2. The number of nitrogen functional groups attached to an aromatic ring is 1. The van der Waals surface area contributed by atoms with Gasteiger partial charge in [-0.3, -0.25) is 4.90 Å². The van der Waals surface area contributed by atoms with Crippen LogP contribution >= 0.6 is 0 Å². The molecule has 0 bridgehead atoms. The van der Waals surface area contributed by atoms with Crippen LogP contribution in [0.4, 0.5) is 20.5 Å². The lowest BCUT2D eigenvalue weighted by molar-refractivity contribution is -0.135. The molecule has 0 aromatic carbocycles. The number of likely N-dealkylation sites (tertiary alicyclic amines) is 1. The molecule has 13 heteroatoms. The van der Waals surface area contributed by atoms with Crippen molar-refractivity contribution in [2.24, 2.45) is 0 Å². The van der Waals surface area contributed by atoms with Gasteiger partial charge in [-0.1, -0.05) is 5.21 Å². The van der Waals surface area contributed by atoms with Crippen molar-refractivity contribution in [1.29, 1.82) is 0 Å². The molecule has 0 radical (unpaired) electrons. The molecule has 0 unspecified atom stereocenters. The van der Waals surface area contributed by atoms with Crippen molar-refractivity contribution in [3.05, 3.63) is 24.4 Å². The molecule has 35 heavy (non-hydrogen) atoms. The summed E-state index contributed by atoms with van der Waals surface area (Å²) in [6.45, 7) is 5.26. The van der Waals surface area contributed by atoms with Gasteiger partial charge >= 0.3 is 0 Å². The summed E-state index contributed by atoms with van der Waals surface area (Å²) in [5, 5.41) is 15.7. The molecule has 6 heterocycles. The van der Waals surface area contributed by atoms with E-state index in [0.717, 1.165) is 43.8 Å². The third kappa shape index (κ3) is 3.93. The highest BCUT2D eigenvalue weighted by molar-refractivity contribution is 5.88. The van der Waals surface area contributed by atoms with Gasteiger partial charge in [0.05, 0.1) is 24.4 Å². The van der Waals surface area contributed by atoms with Crippen molar-refractivity contribution in [2.45, 2.75) is 44.3 Å². The smallest absolute Gasteiger partial charge is 0.258 e. The van der Waals surface area contributed by atoms with Crippen molar-refractivity contribution in [1.82, 2.24) is 39.5 Å². The van der Waals surface area contributed by atoms with Crippen molar-refractivity contribution in [3.8, 4) is 11.3 Å². The minimum Gasteiger partial charge on any atom is -0.382 e. The average molecular weight is 485 g/mol. The zero-order chi connectivity index (χ0) is 24.2. The van der Waals surface area contributed by atoms with Crippen molar-refractivity contribution < 1.29 is 13.5 Å². The third-order valence-electron chi connectivity index (χ3n) is 6.90. The Morgan fingerprint density at radius 3 is 2.71 bits per heavy atom. The van der Waals surface area contributed by atoms with E-state index in [0.29, 0.717) is 34.1 Å². The van der Waals surface area contributed by atoms with E-state index in [2.05, 4.69) is 42.5 Å². The Kier molecular flexibility index (Phi) is 5.25. The van der Waals surface area contributed by atoms with Gasteiger partial charge in [-0.15, -0.1) is 10.2 Å². The van der Waals surface area contributed by atoms with Crippen LogP contribution in [0.15, 0.2) is 24.4 Å². The topological polar surface area (TPSA) is 124 Å². The molecule has 0 spiro atoms. The molecular weight excluding hydrogens is 458 g/mol. The minimum atomic E-state index is -2.56. The zero-order valence-electron chi connectivity index (χ0n) is 19.2. The lowest BCUT2D eigenvalue weighted by atomic mass is 9.93. The Morgan fingerprint density at radius 1 is 1.20 bits per heavy atom. The summed E-state index contributed by atoms with van der Waals surface area (Å²) in [4.78, 5) is 11.5. The molecule has 0 aliphatic carbocycles. The maximum atomic E-state index is 12.9. The highest BCUT2D eigenvalue weighted by Gasteiger charge is 2.40. The van der Waals surface area contributed by atoms with E-state index in [4.69, 9.17) is 10.5 Å². The summed E-state index contributed by atoms with van der Waals surface area (Å²) < 4.78 is 34.0. The van der Waals surface area contributed by atoms with Gasteiger partial charge in [0.25, 0.3) is 6.43 Å². The number of piperidine rings is 1. The van der Waals surface area contributed by atoms with Gasteiger partial charge in [0.15, 0.2) is 11.5 Å². The number of aromatic nitrogens is 7. The second-order valence-electron chi connectivity index (χ2n) is 9.44. The molecule has 2 aliphatic rings. The largest absolute Gasteiger partial charge is 0.382 e. The number of nitrogens with zero attached hydrogens (tertiary/aromatic N) is 8. The second kappa shape index (κ2) is 8.34. The van der Waals surface area contributed by atoms with E-state index in [-0.39, 0.29) is 17.2 Å². The van der Waals surface area contributed by atoms with Crippen LogP contribution in [-0.4, -0.2) is 83.8 Å². The number of hydrogen-bond donors (Lipinski definition) is 2. The third-order valence-corrected chi connectivity index (χ3v) is 6.90. The molecule has 0 atom stereocenters. The first-order valence-electron chi connectivity index (χ1n) is 11.6. The number of anilines is 2. The first kappa shape index (κ1) is 22.0. The number of nitrogens with one attached hydrogen (secondary N) is 1. The molecule has 11 nitrogen and oxygen atoms in total. The van der Waals surface area contributed by atoms with E-state index < -0.39 is 13.0 Å². The van der Waals surface area contributed by atoms with Gasteiger partial charge < -0.3 is 15.8 Å². The summed E-state index contributed by atoms with van der Waals surface area (Å²) in [5.74, 6) is 0.775. The van der Waals surface area contributed by atoms with Crippen LogP contribution in [0.1, 0.15) is 19.8 Å². The Morgan fingerprint density at radius 2 is 2.00 bits per heavy atom. The fourth-order valence-electron chi connectivity index (χ4n) is 4.90. The molecule has 4 aromatic heterocycles. The Hall–Kier alpha value is -3.45. The van der Waals surface area contributed by atoms with Crippen LogP contribution < -0.4 is 11.1 Å². The lowest BCUT2D eigenvalue weighted by Gasteiger charge is -2.49. The van der Waals surface area contributed by atoms with Gasteiger partial charge in [-0.05, 0) is 38.0 Å². The van der Waals surface area contributed by atoms with E-state index in [1.807, 2.05) is 6.07 Å². The van der Waals surface area contributed by atoms with E-state index >= 15 is 0 Å². The van der Waals surface area contributed by atoms with Crippen LogP contribution in [0.3, 0.4) is 0 Å². The number of fused-ring (bicyclic) bond motifs is 2. The maximum Gasteiger partial charge on any atom is 0.258 e. The number of nitrogens with two attached hydrogens (primary N) is 1. The number of alkyl halides is 2. The quantitative estimate of drug-likeness (QED) is 0.423. The number of pyridine rings is 1.